The minimum atomic E-state index is -0.119. The van der Waals surface area contributed by atoms with E-state index in [1.54, 1.807) is 0 Å². The lowest BCUT2D eigenvalue weighted by Gasteiger charge is -2.32. The van der Waals surface area contributed by atoms with Crippen LogP contribution in [0, 0.1) is 5.92 Å². The summed E-state index contributed by atoms with van der Waals surface area (Å²) in [6.07, 6.45) is 4.09. The molecule has 0 radical (unpaired) electrons. The summed E-state index contributed by atoms with van der Waals surface area (Å²) in [7, 11) is 0. The first-order valence-corrected chi connectivity index (χ1v) is 8.91. The summed E-state index contributed by atoms with van der Waals surface area (Å²) < 4.78 is 0. The number of piperidine rings is 1. The Hall–Kier alpha value is -2.40. The zero-order chi connectivity index (χ0) is 17.6. The SMILES string of the molecule is C=c1[nH]nc(C(=O)NCC2CCN(Cc3ccccc3)CC2)/c1=C/C. The highest BCUT2D eigenvalue weighted by Crippen LogP contribution is 2.18. The number of aromatic amines is 1. The van der Waals surface area contributed by atoms with Crippen LogP contribution >= 0.6 is 0 Å². The van der Waals surface area contributed by atoms with E-state index in [1.807, 2.05) is 13.0 Å². The van der Waals surface area contributed by atoms with Gasteiger partial charge in [-0.3, -0.25) is 14.8 Å². The first kappa shape index (κ1) is 17.4. The molecule has 5 nitrogen and oxygen atoms in total. The van der Waals surface area contributed by atoms with E-state index < -0.39 is 0 Å². The topological polar surface area (TPSA) is 61.0 Å². The average molecular weight is 338 g/mol. The second-order valence-corrected chi connectivity index (χ2v) is 6.67. The minimum absolute atomic E-state index is 0.119. The Morgan fingerprint density at radius 3 is 2.76 bits per heavy atom. The summed E-state index contributed by atoms with van der Waals surface area (Å²) in [6, 6.07) is 10.6. The third-order valence-corrected chi connectivity index (χ3v) is 4.89. The molecule has 5 heteroatoms. The van der Waals surface area contributed by atoms with E-state index in [0.717, 1.165) is 37.7 Å². The van der Waals surface area contributed by atoms with Crippen LogP contribution in [-0.2, 0) is 6.54 Å². The molecule has 0 saturated carbocycles. The van der Waals surface area contributed by atoms with Gasteiger partial charge in [-0.1, -0.05) is 43.0 Å². The zero-order valence-corrected chi connectivity index (χ0v) is 14.8. The van der Waals surface area contributed by atoms with Crippen LogP contribution in [0.25, 0.3) is 12.7 Å². The maximum atomic E-state index is 12.3. The summed E-state index contributed by atoms with van der Waals surface area (Å²) in [5, 5.41) is 11.3. The number of nitrogens with one attached hydrogen (secondary N) is 2. The van der Waals surface area contributed by atoms with Crippen molar-refractivity contribution < 1.29 is 4.79 Å². The Morgan fingerprint density at radius 1 is 1.36 bits per heavy atom. The zero-order valence-electron chi connectivity index (χ0n) is 14.8. The maximum Gasteiger partial charge on any atom is 0.272 e. The van der Waals surface area contributed by atoms with Crippen LogP contribution in [0.3, 0.4) is 0 Å². The van der Waals surface area contributed by atoms with E-state index in [1.165, 1.54) is 5.56 Å². The van der Waals surface area contributed by atoms with Gasteiger partial charge in [-0.25, -0.2) is 0 Å². The van der Waals surface area contributed by atoms with E-state index in [-0.39, 0.29) is 5.91 Å². The highest BCUT2D eigenvalue weighted by Gasteiger charge is 2.20. The first-order chi connectivity index (χ1) is 12.2. The molecule has 2 N–H and O–H groups in total. The molecule has 3 rings (SSSR count). The van der Waals surface area contributed by atoms with Crippen molar-refractivity contribution >= 4 is 18.6 Å². The van der Waals surface area contributed by atoms with Crippen molar-refractivity contribution in [2.75, 3.05) is 19.6 Å². The van der Waals surface area contributed by atoms with Gasteiger partial charge in [0.1, 0.15) is 0 Å². The number of carbonyl (C=O) groups is 1. The maximum absolute atomic E-state index is 12.3. The second kappa shape index (κ2) is 8.12. The van der Waals surface area contributed by atoms with Gasteiger partial charge in [-0.2, -0.15) is 5.10 Å². The summed E-state index contributed by atoms with van der Waals surface area (Å²) in [6.45, 7) is 9.61. The van der Waals surface area contributed by atoms with Crippen molar-refractivity contribution in [2.45, 2.75) is 26.3 Å². The van der Waals surface area contributed by atoms with Crippen molar-refractivity contribution in [3.05, 3.63) is 52.2 Å². The van der Waals surface area contributed by atoms with Crippen LogP contribution in [0.1, 0.15) is 35.8 Å². The Bertz CT molecular complexity index is 804. The number of aromatic nitrogens is 2. The number of nitrogens with zero attached hydrogens (tertiary/aromatic N) is 2. The lowest BCUT2D eigenvalue weighted by Crippen LogP contribution is -2.39. The normalized spacial score (nSPS) is 16.9. The van der Waals surface area contributed by atoms with Crippen LogP contribution in [-0.4, -0.2) is 40.6 Å². The van der Waals surface area contributed by atoms with E-state index in [0.29, 0.717) is 23.5 Å². The smallest absolute Gasteiger partial charge is 0.272 e. The van der Waals surface area contributed by atoms with E-state index in [9.17, 15) is 4.79 Å². The molecule has 0 aliphatic carbocycles. The molecule has 1 amide bonds. The molecular weight excluding hydrogens is 312 g/mol. The molecule has 1 aliphatic rings. The van der Waals surface area contributed by atoms with Crippen molar-refractivity contribution in [1.29, 1.82) is 0 Å². The van der Waals surface area contributed by atoms with Crippen LogP contribution < -0.4 is 15.9 Å². The Morgan fingerprint density at radius 2 is 2.08 bits per heavy atom. The number of amides is 1. The highest BCUT2D eigenvalue weighted by molar-refractivity contribution is 5.92. The van der Waals surface area contributed by atoms with E-state index in [4.69, 9.17) is 0 Å². The van der Waals surface area contributed by atoms with Gasteiger partial charge >= 0.3 is 0 Å². The molecule has 0 atom stereocenters. The second-order valence-electron chi connectivity index (χ2n) is 6.67. The Kier molecular flexibility index (Phi) is 5.66. The standard InChI is InChI=1S/C20H26N4O/c1-3-18-15(2)22-23-19(18)20(25)21-13-16-9-11-24(12-10-16)14-17-7-5-4-6-8-17/h3-8,16,22H,2,9-14H2,1H3,(H,21,25)/b18-3+. The van der Waals surface area contributed by atoms with Crippen molar-refractivity contribution in [3.8, 4) is 0 Å². The molecule has 2 aromatic rings. The first-order valence-electron chi connectivity index (χ1n) is 8.91. The molecule has 1 aromatic carbocycles. The van der Waals surface area contributed by atoms with Crippen LogP contribution in [0.5, 0.6) is 0 Å². The number of likely N-dealkylation sites (tertiary alicyclic amines) is 1. The minimum Gasteiger partial charge on any atom is -0.350 e. The fraction of sp³-hybridized carbons (Fsp3) is 0.400. The van der Waals surface area contributed by atoms with Crippen LogP contribution in [0.15, 0.2) is 30.3 Å². The summed E-state index contributed by atoms with van der Waals surface area (Å²) in [4.78, 5) is 14.8. The van der Waals surface area contributed by atoms with Gasteiger partial charge in [0.25, 0.3) is 5.91 Å². The van der Waals surface area contributed by atoms with E-state index in [2.05, 4.69) is 57.3 Å². The summed E-state index contributed by atoms with van der Waals surface area (Å²) >= 11 is 0. The molecule has 25 heavy (non-hydrogen) atoms. The lowest BCUT2D eigenvalue weighted by molar-refractivity contribution is 0.0929. The number of hydrogen-bond donors (Lipinski definition) is 2. The number of H-pyrrole nitrogens is 1. The number of carbonyl (C=O) groups excluding carboxylic acids is 1. The molecule has 132 valence electrons. The van der Waals surface area contributed by atoms with E-state index >= 15 is 0 Å². The highest BCUT2D eigenvalue weighted by atomic mass is 16.1. The number of benzene rings is 1. The van der Waals surface area contributed by atoms with Gasteiger partial charge in [0.15, 0.2) is 5.69 Å². The van der Waals surface area contributed by atoms with Crippen molar-refractivity contribution in [3.63, 3.8) is 0 Å². The molecule has 2 heterocycles. The van der Waals surface area contributed by atoms with Gasteiger partial charge in [0, 0.05) is 18.3 Å². The average Bonchev–Trinajstić information content (AvgIpc) is 3.02. The fourth-order valence-electron chi connectivity index (χ4n) is 3.38. The van der Waals surface area contributed by atoms with Gasteiger partial charge in [-0.15, -0.1) is 0 Å². The third kappa shape index (κ3) is 4.37. The number of rotatable bonds is 5. The summed E-state index contributed by atoms with van der Waals surface area (Å²) in [5.74, 6) is 0.411. The lowest BCUT2D eigenvalue weighted by atomic mass is 9.96. The Balaban J connectivity index is 1.46. The molecule has 0 spiro atoms. The van der Waals surface area contributed by atoms with Crippen molar-refractivity contribution in [1.82, 2.24) is 20.4 Å². The van der Waals surface area contributed by atoms with Gasteiger partial charge in [0.05, 0.1) is 5.35 Å². The largest absolute Gasteiger partial charge is 0.350 e. The Labute approximate surface area is 148 Å². The van der Waals surface area contributed by atoms with Gasteiger partial charge in [-0.05, 0) is 44.3 Å². The molecule has 0 bridgehead atoms. The van der Waals surface area contributed by atoms with Gasteiger partial charge in [0.2, 0.25) is 0 Å². The molecule has 0 unspecified atom stereocenters. The molecule has 1 fully saturated rings. The van der Waals surface area contributed by atoms with Crippen LogP contribution in [0.4, 0.5) is 0 Å². The number of hydrogen-bond acceptors (Lipinski definition) is 3. The molecule has 1 saturated heterocycles. The predicted octanol–water partition coefficient (Wildman–Crippen LogP) is 1.26. The monoisotopic (exact) mass is 338 g/mol. The predicted molar refractivity (Wildman–Crippen MR) is 100 cm³/mol. The third-order valence-electron chi connectivity index (χ3n) is 4.89. The fourth-order valence-corrected chi connectivity index (χ4v) is 3.38. The molecular formula is C20H26N4O. The van der Waals surface area contributed by atoms with Gasteiger partial charge < -0.3 is 5.32 Å². The van der Waals surface area contributed by atoms with Crippen molar-refractivity contribution in [2.24, 2.45) is 5.92 Å². The van der Waals surface area contributed by atoms with Crippen LogP contribution in [0.2, 0.25) is 0 Å². The summed E-state index contributed by atoms with van der Waals surface area (Å²) in [5.41, 5.74) is 1.80. The molecule has 1 aliphatic heterocycles. The quantitative estimate of drug-likeness (QED) is 0.863. The molecule has 1 aromatic heterocycles.